The number of likely N-dealkylation sites (N-methyl/N-ethyl adjacent to an activating group) is 1. The second-order valence-electron chi connectivity index (χ2n) is 4.43. The number of hydrogen-bond donors (Lipinski definition) is 2. The van der Waals surface area contributed by atoms with Gasteiger partial charge in [-0.1, -0.05) is 6.07 Å². The van der Waals surface area contributed by atoms with Crippen molar-refractivity contribution in [3.05, 3.63) is 47.8 Å². The number of rotatable bonds is 3. The number of aromatic nitrogens is 3. The third kappa shape index (κ3) is 1.74. The Hall–Kier alpha value is -1.68. The Morgan fingerprint density at radius 1 is 1.41 bits per heavy atom. The topological polar surface area (TPSA) is 53.6 Å². The van der Waals surface area contributed by atoms with Crippen LogP contribution >= 0.6 is 0 Å². The minimum atomic E-state index is 0.223. The van der Waals surface area contributed by atoms with E-state index < -0.39 is 0 Å². The van der Waals surface area contributed by atoms with Gasteiger partial charge in [0.05, 0.1) is 6.04 Å². The smallest absolute Gasteiger partial charge is 0.123 e. The number of H-pyrrole nitrogens is 1. The van der Waals surface area contributed by atoms with Crippen LogP contribution in [0.5, 0.6) is 0 Å². The van der Waals surface area contributed by atoms with E-state index in [0.717, 1.165) is 18.7 Å². The monoisotopic (exact) mass is 228 g/mol. The second-order valence-corrected chi connectivity index (χ2v) is 4.43. The zero-order chi connectivity index (χ0) is 11.7. The molecule has 2 atom stereocenters. The van der Waals surface area contributed by atoms with Crippen molar-refractivity contribution in [3.8, 4) is 0 Å². The highest BCUT2D eigenvalue weighted by molar-refractivity contribution is 5.31. The summed E-state index contributed by atoms with van der Waals surface area (Å²) in [6, 6.07) is 4.42. The van der Waals surface area contributed by atoms with Gasteiger partial charge in [0.2, 0.25) is 0 Å². The first kappa shape index (κ1) is 10.5. The van der Waals surface area contributed by atoms with Gasteiger partial charge in [-0.05, 0) is 31.5 Å². The Bertz CT molecular complexity index is 492. The lowest BCUT2D eigenvalue weighted by Crippen LogP contribution is -2.24. The van der Waals surface area contributed by atoms with Gasteiger partial charge in [-0.15, -0.1) is 0 Å². The van der Waals surface area contributed by atoms with Crippen LogP contribution in [0.2, 0.25) is 0 Å². The molecule has 4 nitrogen and oxygen atoms in total. The number of fused-ring (bicyclic) bond motifs is 1. The molecule has 0 aromatic carbocycles. The van der Waals surface area contributed by atoms with Gasteiger partial charge in [0.15, 0.2) is 0 Å². The molecule has 3 rings (SSSR count). The Labute approximate surface area is 101 Å². The first-order valence-electron chi connectivity index (χ1n) is 6.00. The van der Waals surface area contributed by atoms with Gasteiger partial charge in [0.1, 0.15) is 5.82 Å². The molecule has 0 fully saturated rings. The van der Waals surface area contributed by atoms with E-state index in [2.05, 4.69) is 26.3 Å². The maximum atomic E-state index is 4.54. The predicted molar refractivity (Wildman–Crippen MR) is 65.7 cm³/mol. The van der Waals surface area contributed by atoms with E-state index in [1.54, 1.807) is 6.20 Å². The number of nitrogens with zero attached hydrogens (tertiary/aromatic N) is 2. The summed E-state index contributed by atoms with van der Waals surface area (Å²) in [7, 11) is 1.98. The van der Waals surface area contributed by atoms with Crippen molar-refractivity contribution in [2.75, 3.05) is 7.05 Å². The minimum absolute atomic E-state index is 0.223. The molecular formula is C13H16N4. The SMILES string of the molecule is CNC(c1ncc[nH]1)C1CCc2cccnc21. The van der Waals surface area contributed by atoms with Gasteiger partial charge in [-0.2, -0.15) is 0 Å². The highest BCUT2D eigenvalue weighted by Gasteiger charge is 2.32. The fourth-order valence-corrected chi connectivity index (χ4v) is 2.74. The quantitative estimate of drug-likeness (QED) is 0.842. The molecule has 0 bridgehead atoms. The van der Waals surface area contributed by atoms with Crippen molar-refractivity contribution < 1.29 is 0 Å². The lowest BCUT2D eigenvalue weighted by Gasteiger charge is -2.21. The van der Waals surface area contributed by atoms with Crippen LogP contribution in [0.1, 0.15) is 35.5 Å². The Balaban J connectivity index is 1.95. The van der Waals surface area contributed by atoms with Crippen molar-refractivity contribution >= 4 is 0 Å². The van der Waals surface area contributed by atoms with Crippen LogP contribution in [-0.2, 0) is 6.42 Å². The highest BCUT2D eigenvalue weighted by atomic mass is 15.0. The summed E-state index contributed by atoms with van der Waals surface area (Å²) in [5.41, 5.74) is 2.60. The van der Waals surface area contributed by atoms with E-state index in [1.807, 2.05) is 25.5 Å². The zero-order valence-electron chi connectivity index (χ0n) is 9.85. The maximum absolute atomic E-state index is 4.54. The number of imidazole rings is 1. The standard InChI is InChI=1S/C13H16N4/c1-14-12(13-16-7-8-17-13)10-5-4-9-3-2-6-15-11(9)10/h2-3,6-8,10,12,14H,4-5H2,1H3,(H,16,17). The fourth-order valence-electron chi connectivity index (χ4n) is 2.74. The number of pyridine rings is 1. The van der Waals surface area contributed by atoms with E-state index in [9.17, 15) is 0 Å². The van der Waals surface area contributed by atoms with E-state index in [4.69, 9.17) is 0 Å². The van der Waals surface area contributed by atoms with Crippen LogP contribution in [-0.4, -0.2) is 22.0 Å². The van der Waals surface area contributed by atoms with Crippen LogP contribution in [0.25, 0.3) is 0 Å². The molecule has 0 amide bonds. The maximum Gasteiger partial charge on any atom is 0.123 e. The molecule has 0 saturated carbocycles. The Kier molecular flexibility index (Phi) is 2.65. The number of aromatic amines is 1. The molecule has 2 aromatic rings. The molecule has 17 heavy (non-hydrogen) atoms. The number of nitrogens with one attached hydrogen (secondary N) is 2. The van der Waals surface area contributed by atoms with Gasteiger partial charge in [-0.3, -0.25) is 4.98 Å². The molecule has 2 unspecified atom stereocenters. The molecule has 2 aromatic heterocycles. The van der Waals surface area contributed by atoms with Gasteiger partial charge in [0, 0.05) is 30.2 Å². The van der Waals surface area contributed by atoms with Crippen LogP contribution in [0.3, 0.4) is 0 Å². The molecule has 0 spiro atoms. The van der Waals surface area contributed by atoms with Gasteiger partial charge < -0.3 is 10.3 Å². The first-order chi connectivity index (χ1) is 8.40. The molecule has 0 saturated heterocycles. The lowest BCUT2D eigenvalue weighted by molar-refractivity contribution is 0.452. The molecule has 1 aliphatic rings. The summed E-state index contributed by atoms with van der Waals surface area (Å²) in [5.74, 6) is 1.42. The second kappa shape index (κ2) is 4.30. The van der Waals surface area contributed by atoms with E-state index >= 15 is 0 Å². The third-order valence-corrected chi connectivity index (χ3v) is 3.53. The number of aryl methyl sites for hydroxylation is 1. The zero-order valence-corrected chi connectivity index (χ0v) is 9.85. The Morgan fingerprint density at radius 2 is 2.35 bits per heavy atom. The highest BCUT2D eigenvalue weighted by Crippen LogP contribution is 2.39. The van der Waals surface area contributed by atoms with Crippen molar-refractivity contribution in [2.45, 2.75) is 24.8 Å². The summed E-state index contributed by atoms with van der Waals surface area (Å²) in [5, 5.41) is 3.35. The summed E-state index contributed by atoms with van der Waals surface area (Å²) >= 11 is 0. The fraction of sp³-hybridized carbons (Fsp3) is 0.385. The first-order valence-corrected chi connectivity index (χ1v) is 6.00. The molecule has 2 N–H and O–H groups in total. The van der Waals surface area contributed by atoms with Crippen molar-refractivity contribution in [1.29, 1.82) is 0 Å². The van der Waals surface area contributed by atoms with E-state index in [-0.39, 0.29) is 6.04 Å². The molecule has 88 valence electrons. The van der Waals surface area contributed by atoms with Gasteiger partial charge in [0.25, 0.3) is 0 Å². The molecule has 0 aliphatic heterocycles. The lowest BCUT2D eigenvalue weighted by atomic mass is 9.96. The molecule has 4 heteroatoms. The van der Waals surface area contributed by atoms with E-state index in [0.29, 0.717) is 5.92 Å². The van der Waals surface area contributed by atoms with Crippen LogP contribution in [0, 0.1) is 0 Å². The average Bonchev–Trinajstić information content (AvgIpc) is 3.01. The molecular weight excluding hydrogens is 212 g/mol. The summed E-state index contributed by atoms with van der Waals surface area (Å²) < 4.78 is 0. The van der Waals surface area contributed by atoms with Crippen molar-refractivity contribution in [3.63, 3.8) is 0 Å². The van der Waals surface area contributed by atoms with Gasteiger partial charge in [-0.25, -0.2) is 4.98 Å². The summed E-state index contributed by atoms with van der Waals surface area (Å²) in [4.78, 5) is 12.1. The van der Waals surface area contributed by atoms with Crippen LogP contribution in [0.4, 0.5) is 0 Å². The van der Waals surface area contributed by atoms with Crippen molar-refractivity contribution in [2.24, 2.45) is 0 Å². The molecule has 1 aliphatic carbocycles. The summed E-state index contributed by atoms with van der Waals surface area (Å²) in [6.07, 6.45) is 7.80. The largest absolute Gasteiger partial charge is 0.347 e. The van der Waals surface area contributed by atoms with Crippen LogP contribution in [0.15, 0.2) is 30.7 Å². The van der Waals surface area contributed by atoms with Crippen LogP contribution < -0.4 is 5.32 Å². The normalized spacial score (nSPS) is 20.2. The Morgan fingerprint density at radius 3 is 3.12 bits per heavy atom. The molecule has 2 heterocycles. The minimum Gasteiger partial charge on any atom is -0.347 e. The van der Waals surface area contributed by atoms with Crippen molar-refractivity contribution in [1.82, 2.24) is 20.3 Å². The summed E-state index contributed by atoms with van der Waals surface area (Å²) in [6.45, 7) is 0. The number of hydrogen-bond acceptors (Lipinski definition) is 3. The van der Waals surface area contributed by atoms with Gasteiger partial charge >= 0.3 is 0 Å². The predicted octanol–water partition coefficient (Wildman–Crippen LogP) is 1.80. The third-order valence-electron chi connectivity index (χ3n) is 3.53. The molecule has 0 radical (unpaired) electrons. The van der Waals surface area contributed by atoms with E-state index in [1.165, 1.54) is 11.3 Å². The average molecular weight is 228 g/mol.